The van der Waals surface area contributed by atoms with Crippen LogP contribution in [0.1, 0.15) is 22.4 Å². The maximum atomic E-state index is 5.39. The van der Waals surface area contributed by atoms with Crippen molar-refractivity contribution < 1.29 is 4.74 Å². The summed E-state index contributed by atoms with van der Waals surface area (Å²) in [6.07, 6.45) is 0. The maximum absolute atomic E-state index is 5.39. The number of aromatic nitrogens is 2. The molecule has 1 heterocycles. The van der Waals surface area contributed by atoms with Gasteiger partial charge in [0.25, 0.3) is 0 Å². The van der Waals surface area contributed by atoms with Crippen molar-refractivity contribution in [1.82, 2.24) is 9.97 Å². The lowest BCUT2D eigenvalue weighted by atomic mass is 10.1. The third-order valence-electron chi connectivity index (χ3n) is 3.98. The molecule has 2 aromatic carbocycles. The van der Waals surface area contributed by atoms with Gasteiger partial charge in [0.2, 0.25) is 5.95 Å². The molecule has 0 bridgehead atoms. The van der Waals surface area contributed by atoms with Crippen LogP contribution in [0.15, 0.2) is 48.5 Å². The van der Waals surface area contributed by atoms with Gasteiger partial charge in [-0.15, -0.1) is 0 Å². The number of para-hydroxylation sites is 1. The summed E-state index contributed by atoms with van der Waals surface area (Å²) in [4.78, 5) is 9.06. The zero-order valence-electron chi connectivity index (χ0n) is 15.6. The van der Waals surface area contributed by atoms with Crippen LogP contribution in [0.25, 0.3) is 0 Å². The largest absolute Gasteiger partial charge is 0.496 e. The van der Waals surface area contributed by atoms with Crippen molar-refractivity contribution in [2.75, 3.05) is 17.7 Å². The molecule has 5 heteroatoms. The average Bonchev–Trinajstić information content (AvgIpc) is 2.59. The van der Waals surface area contributed by atoms with Crippen molar-refractivity contribution in [2.45, 2.75) is 27.3 Å². The molecule has 26 heavy (non-hydrogen) atoms. The minimum Gasteiger partial charge on any atom is -0.496 e. The number of ether oxygens (including phenoxy) is 1. The van der Waals surface area contributed by atoms with Crippen molar-refractivity contribution in [3.63, 3.8) is 0 Å². The number of benzene rings is 2. The van der Waals surface area contributed by atoms with Crippen molar-refractivity contribution >= 4 is 17.5 Å². The first-order valence-corrected chi connectivity index (χ1v) is 8.60. The number of anilines is 3. The second-order valence-electron chi connectivity index (χ2n) is 6.38. The zero-order chi connectivity index (χ0) is 18.5. The van der Waals surface area contributed by atoms with E-state index in [9.17, 15) is 0 Å². The predicted molar refractivity (Wildman–Crippen MR) is 106 cm³/mol. The lowest BCUT2D eigenvalue weighted by Gasteiger charge is -2.12. The van der Waals surface area contributed by atoms with E-state index in [1.54, 1.807) is 7.11 Å². The smallest absolute Gasteiger partial charge is 0.225 e. The van der Waals surface area contributed by atoms with Gasteiger partial charge in [-0.25, -0.2) is 4.98 Å². The maximum Gasteiger partial charge on any atom is 0.225 e. The number of aryl methyl sites for hydroxylation is 3. The molecule has 0 saturated carbocycles. The van der Waals surface area contributed by atoms with Crippen LogP contribution in [0.2, 0.25) is 0 Å². The Morgan fingerprint density at radius 3 is 2.38 bits per heavy atom. The summed E-state index contributed by atoms with van der Waals surface area (Å²) in [6.45, 7) is 6.73. The topological polar surface area (TPSA) is 59.1 Å². The van der Waals surface area contributed by atoms with Gasteiger partial charge in [0, 0.05) is 29.6 Å². The SMILES string of the molecule is COc1ccccc1CNc1nc(C)cc(Nc2cc(C)cc(C)c2)n1. The second-order valence-corrected chi connectivity index (χ2v) is 6.38. The molecule has 0 radical (unpaired) electrons. The Morgan fingerprint density at radius 2 is 1.65 bits per heavy atom. The summed E-state index contributed by atoms with van der Waals surface area (Å²) in [5.41, 5.74) is 5.41. The molecule has 2 N–H and O–H groups in total. The average molecular weight is 348 g/mol. The normalized spacial score (nSPS) is 10.5. The molecule has 0 atom stereocenters. The first kappa shape index (κ1) is 17.7. The Bertz CT molecular complexity index is 888. The van der Waals surface area contributed by atoms with Crippen LogP contribution in [-0.4, -0.2) is 17.1 Å². The van der Waals surface area contributed by atoms with E-state index in [0.29, 0.717) is 12.5 Å². The molecule has 5 nitrogen and oxygen atoms in total. The molecular weight excluding hydrogens is 324 g/mol. The molecule has 0 spiro atoms. The monoisotopic (exact) mass is 348 g/mol. The number of hydrogen-bond donors (Lipinski definition) is 2. The lowest BCUT2D eigenvalue weighted by molar-refractivity contribution is 0.410. The number of nitrogens with one attached hydrogen (secondary N) is 2. The molecular formula is C21H24N4O. The Kier molecular flexibility index (Phi) is 5.37. The first-order chi connectivity index (χ1) is 12.5. The van der Waals surface area contributed by atoms with Gasteiger partial charge in [-0.1, -0.05) is 24.3 Å². The van der Waals surface area contributed by atoms with Crippen LogP contribution in [0.3, 0.4) is 0 Å². The van der Waals surface area contributed by atoms with Crippen LogP contribution < -0.4 is 15.4 Å². The van der Waals surface area contributed by atoms with E-state index in [0.717, 1.165) is 28.5 Å². The van der Waals surface area contributed by atoms with E-state index in [-0.39, 0.29) is 0 Å². The van der Waals surface area contributed by atoms with E-state index in [1.165, 1.54) is 11.1 Å². The van der Waals surface area contributed by atoms with E-state index < -0.39 is 0 Å². The highest BCUT2D eigenvalue weighted by molar-refractivity contribution is 5.59. The van der Waals surface area contributed by atoms with Crippen molar-refractivity contribution in [3.8, 4) is 5.75 Å². The fraction of sp³-hybridized carbons (Fsp3) is 0.238. The highest BCUT2D eigenvalue weighted by Crippen LogP contribution is 2.21. The van der Waals surface area contributed by atoms with Crippen LogP contribution >= 0.6 is 0 Å². The summed E-state index contributed by atoms with van der Waals surface area (Å²) in [5, 5.41) is 6.65. The van der Waals surface area contributed by atoms with Crippen molar-refractivity contribution in [2.24, 2.45) is 0 Å². The molecule has 0 aliphatic rings. The van der Waals surface area contributed by atoms with E-state index in [4.69, 9.17) is 4.74 Å². The Hall–Kier alpha value is -3.08. The standard InChI is InChI=1S/C21H24N4O/c1-14-9-15(2)11-18(10-14)24-20-12-16(3)23-21(25-20)22-13-17-7-5-6-8-19(17)26-4/h5-12H,13H2,1-4H3,(H2,22,23,24,25). The molecule has 0 fully saturated rings. The van der Waals surface area contributed by atoms with Gasteiger partial charge >= 0.3 is 0 Å². The molecule has 3 aromatic rings. The highest BCUT2D eigenvalue weighted by atomic mass is 16.5. The van der Waals surface area contributed by atoms with E-state index >= 15 is 0 Å². The highest BCUT2D eigenvalue weighted by Gasteiger charge is 2.06. The van der Waals surface area contributed by atoms with Crippen LogP contribution in [0.5, 0.6) is 5.75 Å². The van der Waals surface area contributed by atoms with Crippen LogP contribution in [-0.2, 0) is 6.54 Å². The van der Waals surface area contributed by atoms with Crippen LogP contribution in [0.4, 0.5) is 17.5 Å². The quantitative estimate of drug-likeness (QED) is 0.672. The van der Waals surface area contributed by atoms with E-state index in [1.807, 2.05) is 37.3 Å². The number of rotatable bonds is 6. The predicted octanol–water partition coefficient (Wildman–Crippen LogP) is 4.77. The van der Waals surface area contributed by atoms with Gasteiger partial charge in [0.1, 0.15) is 11.6 Å². The molecule has 134 valence electrons. The minimum atomic E-state index is 0.586. The van der Waals surface area contributed by atoms with Gasteiger partial charge in [-0.05, 0) is 50.1 Å². The molecule has 0 amide bonds. The Balaban J connectivity index is 1.77. The van der Waals surface area contributed by atoms with Gasteiger partial charge < -0.3 is 15.4 Å². The molecule has 0 aliphatic heterocycles. The summed E-state index contributed by atoms with van der Waals surface area (Å²) < 4.78 is 5.39. The first-order valence-electron chi connectivity index (χ1n) is 8.60. The Labute approximate surface area is 154 Å². The molecule has 0 unspecified atom stereocenters. The van der Waals surface area contributed by atoms with Gasteiger partial charge in [-0.3, -0.25) is 0 Å². The van der Waals surface area contributed by atoms with Crippen LogP contribution in [0, 0.1) is 20.8 Å². The molecule has 1 aromatic heterocycles. The van der Waals surface area contributed by atoms with Crippen molar-refractivity contribution in [1.29, 1.82) is 0 Å². The Morgan fingerprint density at radius 1 is 0.923 bits per heavy atom. The lowest BCUT2D eigenvalue weighted by Crippen LogP contribution is -2.07. The minimum absolute atomic E-state index is 0.586. The zero-order valence-corrected chi connectivity index (χ0v) is 15.6. The number of nitrogens with zero attached hydrogens (tertiary/aromatic N) is 2. The molecule has 3 rings (SSSR count). The number of hydrogen-bond acceptors (Lipinski definition) is 5. The number of methoxy groups -OCH3 is 1. The summed E-state index contributed by atoms with van der Waals surface area (Å²) in [7, 11) is 1.67. The van der Waals surface area contributed by atoms with Gasteiger partial charge in [0.15, 0.2) is 0 Å². The molecule has 0 saturated heterocycles. The summed E-state index contributed by atoms with van der Waals surface area (Å²) >= 11 is 0. The van der Waals surface area contributed by atoms with Crippen molar-refractivity contribution in [3.05, 3.63) is 70.9 Å². The van der Waals surface area contributed by atoms with Gasteiger partial charge in [0.05, 0.1) is 7.11 Å². The fourth-order valence-electron chi connectivity index (χ4n) is 2.93. The third kappa shape index (κ3) is 4.51. The second kappa shape index (κ2) is 7.87. The summed E-state index contributed by atoms with van der Waals surface area (Å²) in [6, 6.07) is 16.2. The third-order valence-corrected chi connectivity index (χ3v) is 3.98. The fourth-order valence-corrected chi connectivity index (χ4v) is 2.93. The molecule has 0 aliphatic carbocycles. The van der Waals surface area contributed by atoms with E-state index in [2.05, 4.69) is 52.6 Å². The van der Waals surface area contributed by atoms with Gasteiger partial charge in [-0.2, -0.15) is 4.98 Å². The summed E-state index contributed by atoms with van der Waals surface area (Å²) in [5.74, 6) is 2.20.